The van der Waals surface area contributed by atoms with Gasteiger partial charge in [-0.2, -0.15) is 0 Å². The van der Waals surface area contributed by atoms with Gasteiger partial charge in [0.25, 0.3) is 0 Å². The molecule has 0 aromatic heterocycles. The molecule has 1 atom stereocenters. The van der Waals surface area contributed by atoms with Crippen molar-refractivity contribution in [1.29, 1.82) is 0 Å². The molecule has 2 nitrogen and oxygen atoms in total. The summed E-state index contributed by atoms with van der Waals surface area (Å²) in [6.07, 6.45) is -2.77. The smallest absolute Gasteiger partial charge is 0.403 e. The topological polar surface area (TPSA) is 35.2 Å². The Bertz CT molecular complexity index is 430. The van der Waals surface area contributed by atoms with Gasteiger partial charge in [0.1, 0.15) is 0 Å². The highest BCUT2D eigenvalue weighted by Gasteiger charge is 2.33. The van der Waals surface area contributed by atoms with Crippen molar-refractivity contribution in [2.24, 2.45) is 5.73 Å². The van der Waals surface area contributed by atoms with Gasteiger partial charge in [0, 0.05) is 6.04 Å². The van der Waals surface area contributed by atoms with E-state index < -0.39 is 17.9 Å². The average Bonchev–Trinajstić information content (AvgIpc) is 2.18. The van der Waals surface area contributed by atoms with Crippen LogP contribution < -0.4 is 10.5 Å². The standard InChI is InChI=1S/C11H11F4NO/c12-8-4-6-2-1-3-9(16)7(6)5-10(8)17-11(13,14)15/h4-5,9H,1-3,16H2. The number of ether oxygens (including phenoxy) is 1. The van der Waals surface area contributed by atoms with Crippen molar-refractivity contribution >= 4 is 0 Å². The van der Waals surface area contributed by atoms with Crippen LogP contribution in [0.3, 0.4) is 0 Å². The van der Waals surface area contributed by atoms with Gasteiger partial charge >= 0.3 is 6.36 Å². The van der Waals surface area contributed by atoms with Gasteiger partial charge in [-0.25, -0.2) is 4.39 Å². The molecular formula is C11H11F4NO. The molecule has 1 aromatic carbocycles. The minimum absolute atomic E-state index is 0.352. The molecular weight excluding hydrogens is 238 g/mol. The maximum atomic E-state index is 13.4. The molecule has 1 unspecified atom stereocenters. The van der Waals surface area contributed by atoms with E-state index in [0.29, 0.717) is 24.0 Å². The van der Waals surface area contributed by atoms with Gasteiger partial charge in [-0.3, -0.25) is 0 Å². The van der Waals surface area contributed by atoms with Crippen LogP contribution in [0.4, 0.5) is 17.6 Å². The maximum Gasteiger partial charge on any atom is 0.573 e. The number of hydrogen-bond donors (Lipinski definition) is 1. The predicted octanol–water partition coefficient (Wildman–Crippen LogP) is 3.06. The van der Waals surface area contributed by atoms with E-state index in [-0.39, 0.29) is 6.04 Å². The number of hydrogen-bond acceptors (Lipinski definition) is 2. The van der Waals surface area contributed by atoms with Crippen molar-refractivity contribution in [3.05, 3.63) is 29.1 Å². The van der Waals surface area contributed by atoms with E-state index in [0.717, 1.165) is 18.6 Å². The third kappa shape index (κ3) is 2.69. The van der Waals surface area contributed by atoms with Crippen LogP contribution in [-0.4, -0.2) is 6.36 Å². The minimum atomic E-state index is -4.90. The zero-order valence-corrected chi connectivity index (χ0v) is 8.85. The Morgan fingerprint density at radius 3 is 2.65 bits per heavy atom. The van der Waals surface area contributed by atoms with Crippen LogP contribution in [0.25, 0.3) is 0 Å². The second-order valence-corrected chi connectivity index (χ2v) is 4.03. The highest BCUT2D eigenvalue weighted by Crippen LogP contribution is 2.34. The molecule has 0 bridgehead atoms. The number of halogens is 4. The minimum Gasteiger partial charge on any atom is -0.403 e. The fourth-order valence-electron chi connectivity index (χ4n) is 2.04. The second-order valence-electron chi connectivity index (χ2n) is 4.03. The number of rotatable bonds is 1. The number of fused-ring (bicyclic) bond motifs is 1. The molecule has 0 radical (unpaired) electrons. The van der Waals surface area contributed by atoms with Gasteiger partial charge in [-0.1, -0.05) is 0 Å². The molecule has 0 saturated heterocycles. The van der Waals surface area contributed by atoms with E-state index in [2.05, 4.69) is 4.74 Å². The van der Waals surface area contributed by atoms with Crippen molar-refractivity contribution in [1.82, 2.24) is 0 Å². The summed E-state index contributed by atoms with van der Waals surface area (Å²) < 4.78 is 53.1. The van der Waals surface area contributed by atoms with Crippen LogP contribution in [0.1, 0.15) is 30.0 Å². The lowest BCUT2D eigenvalue weighted by atomic mass is 9.88. The molecule has 0 saturated carbocycles. The quantitative estimate of drug-likeness (QED) is 0.776. The largest absolute Gasteiger partial charge is 0.573 e. The Labute approximate surface area is 95.4 Å². The predicted molar refractivity (Wildman–Crippen MR) is 52.9 cm³/mol. The summed E-state index contributed by atoms with van der Waals surface area (Å²) in [5, 5.41) is 0. The second kappa shape index (κ2) is 4.18. The highest BCUT2D eigenvalue weighted by atomic mass is 19.4. The van der Waals surface area contributed by atoms with E-state index in [1.165, 1.54) is 0 Å². The summed E-state index contributed by atoms with van der Waals surface area (Å²) in [6.45, 7) is 0. The van der Waals surface area contributed by atoms with E-state index in [1.54, 1.807) is 0 Å². The van der Waals surface area contributed by atoms with Crippen molar-refractivity contribution in [2.75, 3.05) is 0 Å². The highest BCUT2D eigenvalue weighted by molar-refractivity contribution is 5.40. The van der Waals surface area contributed by atoms with Crippen LogP contribution in [0, 0.1) is 5.82 Å². The molecule has 0 heterocycles. The van der Waals surface area contributed by atoms with Crippen molar-refractivity contribution in [3.8, 4) is 5.75 Å². The summed E-state index contributed by atoms with van der Waals surface area (Å²) in [6, 6.07) is 1.78. The van der Waals surface area contributed by atoms with Crippen molar-refractivity contribution < 1.29 is 22.3 Å². The fraction of sp³-hybridized carbons (Fsp3) is 0.455. The van der Waals surface area contributed by atoms with Gasteiger partial charge in [0.15, 0.2) is 11.6 Å². The fourth-order valence-corrected chi connectivity index (χ4v) is 2.04. The molecule has 2 N–H and O–H groups in total. The number of alkyl halides is 3. The summed E-state index contributed by atoms with van der Waals surface area (Å²) in [5.74, 6) is -1.82. The number of aryl methyl sites for hydroxylation is 1. The molecule has 2 rings (SSSR count). The monoisotopic (exact) mass is 249 g/mol. The molecule has 1 aromatic rings. The first-order chi connectivity index (χ1) is 7.87. The molecule has 1 aliphatic carbocycles. The summed E-state index contributed by atoms with van der Waals surface area (Å²) in [7, 11) is 0. The molecule has 1 aliphatic rings. The number of nitrogens with two attached hydrogens (primary N) is 1. The molecule has 94 valence electrons. The van der Waals surface area contributed by atoms with Gasteiger partial charge in [-0.05, 0) is 42.5 Å². The van der Waals surface area contributed by atoms with E-state index in [9.17, 15) is 17.6 Å². The first-order valence-electron chi connectivity index (χ1n) is 5.20. The van der Waals surface area contributed by atoms with Gasteiger partial charge < -0.3 is 10.5 Å². The first-order valence-corrected chi connectivity index (χ1v) is 5.20. The summed E-state index contributed by atoms with van der Waals surface area (Å²) in [4.78, 5) is 0. The Morgan fingerprint density at radius 2 is 2.00 bits per heavy atom. The van der Waals surface area contributed by atoms with Crippen LogP contribution >= 0.6 is 0 Å². The Kier molecular flexibility index (Phi) is 2.99. The van der Waals surface area contributed by atoms with Crippen LogP contribution in [0.15, 0.2) is 12.1 Å². The average molecular weight is 249 g/mol. The van der Waals surface area contributed by atoms with Crippen LogP contribution in [0.5, 0.6) is 5.75 Å². The van der Waals surface area contributed by atoms with Crippen molar-refractivity contribution in [2.45, 2.75) is 31.7 Å². The van der Waals surface area contributed by atoms with Crippen molar-refractivity contribution in [3.63, 3.8) is 0 Å². The Hall–Kier alpha value is -1.30. The molecule has 6 heteroatoms. The van der Waals surface area contributed by atoms with E-state index >= 15 is 0 Å². The van der Waals surface area contributed by atoms with E-state index in [4.69, 9.17) is 5.73 Å². The third-order valence-corrected chi connectivity index (χ3v) is 2.78. The lowest BCUT2D eigenvalue weighted by molar-refractivity contribution is -0.275. The normalized spacial score (nSPS) is 19.9. The Balaban J connectivity index is 2.38. The Morgan fingerprint density at radius 1 is 1.29 bits per heavy atom. The molecule has 0 aliphatic heterocycles. The van der Waals surface area contributed by atoms with Crippen LogP contribution in [0.2, 0.25) is 0 Å². The first kappa shape index (κ1) is 12.2. The molecule has 0 spiro atoms. The molecule has 0 amide bonds. The molecule has 17 heavy (non-hydrogen) atoms. The third-order valence-electron chi connectivity index (χ3n) is 2.78. The lowest BCUT2D eigenvalue weighted by Crippen LogP contribution is -2.21. The SMILES string of the molecule is NC1CCCc2cc(F)c(OC(F)(F)F)cc21. The zero-order valence-electron chi connectivity index (χ0n) is 8.85. The number of benzene rings is 1. The summed E-state index contributed by atoms with van der Waals surface area (Å²) in [5.41, 5.74) is 6.97. The zero-order chi connectivity index (χ0) is 12.6. The van der Waals surface area contributed by atoms with Crippen LogP contribution in [-0.2, 0) is 6.42 Å². The molecule has 0 fully saturated rings. The van der Waals surface area contributed by atoms with Gasteiger partial charge in [0.05, 0.1) is 0 Å². The summed E-state index contributed by atoms with van der Waals surface area (Å²) >= 11 is 0. The van der Waals surface area contributed by atoms with Gasteiger partial charge in [0.2, 0.25) is 0 Å². The van der Waals surface area contributed by atoms with E-state index in [1.807, 2.05) is 0 Å². The lowest BCUT2D eigenvalue weighted by Gasteiger charge is -2.23. The maximum absolute atomic E-state index is 13.4. The van der Waals surface area contributed by atoms with Gasteiger partial charge in [-0.15, -0.1) is 13.2 Å².